The van der Waals surface area contributed by atoms with Crippen molar-refractivity contribution in [3.63, 3.8) is 0 Å². The summed E-state index contributed by atoms with van der Waals surface area (Å²) in [6, 6.07) is 12.7. The van der Waals surface area contributed by atoms with Gasteiger partial charge in [0.15, 0.2) is 5.11 Å². The van der Waals surface area contributed by atoms with Gasteiger partial charge in [-0.3, -0.25) is 15.0 Å². The van der Waals surface area contributed by atoms with Crippen molar-refractivity contribution < 1.29 is 10.0 Å². The van der Waals surface area contributed by atoms with Crippen LogP contribution in [0.25, 0.3) is 0 Å². The zero-order valence-electron chi connectivity index (χ0n) is 10.3. The van der Waals surface area contributed by atoms with E-state index in [9.17, 15) is 15.2 Å². The average molecular weight is 289 g/mol. The molecule has 3 N–H and O–H groups in total. The first-order valence-corrected chi connectivity index (χ1v) is 6.03. The van der Waals surface area contributed by atoms with E-state index in [2.05, 4.69) is 0 Å². The van der Waals surface area contributed by atoms with Gasteiger partial charge in [0.2, 0.25) is 0 Å². The molecule has 0 aliphatic rings. The summed E-state index contributed by atoms with van der Waals surface area (Å²) in [4.78, 5) is 11.5. The average Bonchev–Trinajstić information content (AvgIpc) is 2.41. The van der Waals surface area contributed by atoms with Crippen molar-refractivity contribution in [2.75, 3.05) is 4.90 Å². The number of hydrogen-bond donors (Lipinski definition) is 2. The van der Waals surface area contributed by atoms with Gasteiger partial charge >= 0.3 is 0 Å². The van der Waals surface area contributed by atoms with Crippen molar-refractivity contribution in [3.05, 3.63) is 58.6 Å². The van der Waals surface area contributed by atoms with Crippen LogP contribution in [0, 0.1) is 10.1 Å². The van der Waals surface area contributed by atoms with Crippen LogP contribution in [0.5, 0.6) is 5.75 Å². The predicted octanol–water partition coefficient (Wildman–Crippen LogP) is 2.68. The molecule has 0 radical (unpaired) electrons. The van der Waals surface area contributed by atoms with Gasteiger partial charge in [-0.15, -0.1) is 0 Å². The molecule has 2 rings (SSSR count). The van der Waals surface area contributed by atoms with Crippen LogP contribution in [0.1, 0.15) is 0 Å². The maximum atomic E-state index is 10.7. The van der Waals surface area contributed by atoms with Crippen LogP contribution < -0.4 is 10.6 Å². The standard InChI is InChI=1S/C13H11N3O3S/c14-13(20)15(9-4-2-1-3-5-9)11-7-6-10(16(18)19)8-12(11)17/h1-8,17H,(H2,14,20). The van der Waals surface area contributed by atoms with Crippen molar-refractivity contribution in [1.82, 2.24) is 0 Å². The maximum Gasteiger partial charge on any atom is 0.273 e. The fourth-order valence-electron chi connectivity index (χ4n) is 1.78. The number of non-ortho nitro benzene ring substituents is 1. The van der Waals surface area contributed by atoms with E-state index in [0.717, 1.165) is 6.07 Å². The Kier molecular flexibility index (Phi) is 3.81. The van der Waals surface area contributed by atoms with Crippen LogP contribution in [0.4, 0.5) is 17.1 Å². The number of anilines is 2. The quantitative estimate of drug-likeness (QED) is 0.512. The summed E-state index contributed by atoms with van der Waals surface area (Å²) >= 11 is 4.98. The molecule has 102 valence electrons. The molecule has 2 aromatic carbocycles. The molecule has 0 amide bonds. The topological polar surface area (TPSA) is 92.6 Å². The molecule has 0 atom stereocenters. The van der Waals surface area contributed by atoms with Gasteiger partial charge in [0, 0.05) is 11.8 Å². The molecule has 0 heterocycles. The van der Waals surface area contributed by atoms with Crippen molar-refractivity contribution >= 4 is 34.4 Å². The highest BCUT2D eigenvalue weighted by Crippen LogP contribution is 2.35. The number of rotatable bonds is 3. The first-order chi connectivity index (χ1) is 9.50. The lowest BCUT2D eigenvalue weighted by Gasteiger charge is -2.23. The Morgan fingerprint density at radius 2 is 1.90 bits per heavy atom. The molecule has 6 nitrogen and oxygen atoms in total. The normalized spacial score (nSPS) is 10.0. The molecule has 0 spiro atoms. The van der Waals surface area contributed by atoms with E-state index in [0.29, 0.717) is 5.69 Å². The second-order valence-electron chi connectivity index (χ2n) is 3.94. The van der Waals surface area contributed by atoms with Gasteiger partial charge in [-0.05, 0) is 30.4 Å². The summed E-state index contributed by atoms with van der Waals surface area (Å²) in [5, 5.41) is 20.7. The Balaban J connectivity index is 2.51. The number of aromatic hydroxyl groups is 1. The number of benzene rings is 2. The van der Waals surface area contributed by atoms with Gasteiger partial charge in [0.25, 0.3) is 5.69 Å². The molecule has 0 bridgehead atoms. The largest absolute Gasteiger partial charge is 0.505 e. The highest BCUT2D eigenvalue weighted by molar-refractivity contribution is 7.80. The number of phenolic OH excluding ortho intramolecular Hbond substituents is 1. The molecule has 0 aliphatic heterocycles. The summed E-state index contributed by atoms with van der Waals surface area (Å²) in [5.41, 5.74) is 6.42. The summed E-state index contributed by atoms with van der Waals surface area (Å²) in [6.45, 7) is 0. The van der Waals surface area contributed by atoms with E-state index < -0.39 is 4.92 Å². The molecule has 7 heteroatoms. The zero-order chi connectivity index (χ0) is 14.7. The first kappa shape index (κ1) is 13.8. The smallest absolute Gasteiger partial charge is 0.273 e. The molecule has 2 aromatic rings. The molecule has 0 saturated carbocycles. The minimum absolute atomic E-state index is 0.0281. The van der Waals surface area contributed by atoms with Crippen LogP contribution in [0.3, 0.4) is 0 Å². The molecule has 0 unspecified atom stereocenters. The number of nitrogens with two attached hydrogens (primary N) is 1. The van der Waals surface area contributed by atoms with Crippen LogP contribution in [-0.2, 0) is 0 Å². The molecule has 0 saturated heterocycles. The molecule has 0 aromatic heterocycles. The fraction of sp³-hybridized carbons (Fsp3) is 0. The highest BCUT2D eigenvalue weighted by atomic mass is 32.1. The minimum atomic E-state index is -0.586. The van der Waals surface area contributed by atoms with Crippen molar-refractivity contribution in [1.29, 1.82) is 0 Å². The Morgan fingerprint density at radius 1 is 1.25 bits per heavy atom. The van der Waals surface area contributed by atoms with Crippen molar-refractivity contribution in [2.45, 2.75) is 0 Å². The Morgan fingerprint density at radius 3 is 2.40 bits per heavy atom. The van der Waals surface area contributed by atoms with Crippen LogP contribution >= 0.6 is 12.2 Å². The molecule has 0 aliphatic carbocycles. The summed E-state index contributed by atoms with van der Waals surface area (Å²) < 4.78 is 0. The van der Waals surface area contributed by atoms with Gasteiger partial charge in [-0.25, -0.2) is 0 Å². The summed E-state index contributed by atoms with van der Waals surface area (Å²) in [6.07, 6.45) is 0. The third-order valence-corrected chi connectivity index (χ3v) is 2.83. The first-order valence-electron chi connectivity index (χ1n) is 5.62. The number of hydrogen-bond acceptors (Lipinski definition) is 4. The number of nitro benzene ring substituents is 1. The van der Waals surface area contributed by atoms with Gasteiger partial charge < -0.3 is 10.8 Å². The number of thiocarbonyl (C=S) groups is 1. The number of nitrogens with zero attached hydrogens (tertiary/aromatic N) is 2. The number of nitro groups is 1. The van der Waals surface area contributed by atoms with Gasteiger partial charge in [0.1, 0.15) is 5.75 Å². The fourth-order valence-corrected chi connectivity index (χ4v) is 1.98. The lowest BCUT2D eigenvalue weighted by molar-refractivity contribution is -0.384. The van der Waals surface area contributed by atoms with Gasteiger partial charge in [-0.1, -0.05) is 18.2 Å². The van der Waals surface area contributed by atoms with Crippen molar-refractivity contribution in [2.24, 2.45) is 5.73 Å². The lowest BCUT2D eigenvalue weighted by Crippen LogP contribution is -2.31. The Hall–Kier alpha value is -2.67. The highest BCUT2D eigenvalue weighted by Gasteiger charge is 2.18. The number of phenols is 1. The lowest BCUT2D eigenvalue weighted by atomic mass is 10.2. The van der Waals surface area contributed by atoms with E-state index in [4.69, 9.17) is 18.0 Å². The van der Waals surface area contributed by atoms with Crippen LogP contribution in [0.2, 0.25) is 0 Å². The van der Waals surface area contributed by atoms with E-state index in [1.165, 1.54) is 17.0 Å². The second-order valence-corrected chi connectivity index (χ2v) is 4.36. The minimum Gasteiger partial charge on any atom is -0.505 e. The Bertz CT molecular complexity index is 661. The maximum absolute atomic E-state index is 10.7. The van der Waals surface area contributed by atoms with Crippen LogP contribution in [-0.4, -0.2) is 15.1 Å². The summed E-state index contributed by atoms with van der Waals surface area (Å²) in [7, 11) is 0. The van der Waals surface area contributed by atoms with E-state index in [1.54, 1.807) is 24.3 Å². The van der Waals surface area contributed by atoms with Crippen LogP contribution in [0.15, 0.2) is 48.5 Å². The second kappa shape index (κ2) is 5.54. The molecule has 0 fully saturated rings. The zero-order valence-corrected chi connectivity index (χ0v) is 11.1. The van der Waals surface area contributed by atoms with Gasteiger partial charge in [-0.2, -0.15) is 0 Å². The van der Waals surface area contributed by atoms with E-state index >= 15 is 0 Å². The van der Waals surface area contributed by atoms with E-state index in [-0.39, 0.29) is 22.2 Å². The molecular formula is C13H11N3O3S. The van der Waals surface area contributed by atoms with E-state index in [1.807, 2.05) is 6.07 Å². The Labute approximate surface area is 120 Å². The predicted molar refractivity (Wildman–Crippen MR) is 80.1 cm³/mol. The molecule has 20 heavy (non-hydrogen) atoms. The monoisotopic (exact) mass is 289 g/mol. The summed E-state index contributed by atoms with van der Waals surface area (Å²) in [5.74, 6) is -0.268. The third-order valence-electron chi connectivity index (χ3n) is 2.65. The van der Waals surface area contributed by atoms with Crippen molar-refractivity contribution in [3.8, 4) is 5.75 Å². The number of para-hydroxylation sites is 1. The SMILES string of the molecule is NC(=S)N(c1ccccc1)c1ccc([N+](=O)[O-])cc1O. The molecular weight excluding hydrogens is 278 g/mol. The third kappa shape index (κ3) is 2.67. The van der Waals surface area contributed by atoms with Gasteiger partial charge in [0.05, 0.1) is 16.7 Å².